The number of hydrogen-bond donors (Lipinski definition) is 1. The summed E-state index contributed by atoms with van der Waals surface area (Å²) < 4.78 is 0. The van der Waals surface area contributed by atoms with Gasteiger partial charge in [0, 0.05) is 5.75 Å². The lowest BCUT2D eigenvalue weighted by molar-refractivity contribution is -0.125. The van der Waals surface area contributed by atoms with Crippen LogP contribution in [0.3, 0.4) is 0 Å². The number of carbonyl (C=O) groups is 2. The zero-order chi connectivity index (χ0) is 18.6. The Kier molecular flexibility index (Phi) is 5.47. The van der Waals surface area contributed by atoms with Gasteiger partial charge in [0.15, 0.2) is 0 Å². The molecule has 26 heavy (non-hydrogen) atoms. The standard InChI is InChI=1S/C21H22N2O2S/c1-21(2)20(25)22-17-12-6-7-13-18(17)23(21)19(24)15-26-14-8-11-16-9-4-3-5-10-16/h3-13H,14-15H2,1-2H3,(H,22,25)/b11-8+. The molecular weight excluding hydrogens is 344 g/mol. The van der Waals surface area contributed by atoms with Crippen molar-refractivity contribution >= 4 is 41.0 Å². The molecule has 1 heterocycles. The third-order valence-corrected chi connectivity index (χ3v) is 5.19. The number of rotatable bonds is 5. The fourth-order valence-electron chi connectivity index (χ4n) is 2.93. The van der Waals surface area contributed by atoms with Crippen LogP contribution in [0, 0.1) is 0 Å². The molecule has 134 valence electrons. The molecule has 1 N–H and O–H groups in total. The summed E-state index contributed by atoms with van der Waals surface area (Å²) in [7, 11) is 0. The third-order valence-electron chi connectivity index (χ3n) is 4.31. The van der Waals surface area contributed by atoms with Crippen LogP contribution in [0.15, 0.2) is 60.7 Å². The van der Waals surface area contributed by atoms with E-state index < -0.39 is 5.54 Å². The summed E-state index contributed by atoms with van der Waals surface area (Å²) in [6.07, 6.45) is 4.10. The van der Waals surface area contributed by atoms with Crippen LogP contribution in [0.25, 0.3) is 6.08 Å². The van der Waals surface area contributed by atoms with Crippen LogP contribution < -0.4 is 10.2 Å². The van der Waals surface area contributed by atoms with Gasteiger partial charge in [0.25, 0.3) is 0 Å². The lowest BCUT2D eigenvalue weighted by Gasteiger charge is -2.42. The molecule has 0 saturated carbocycles. The SMILES string of the molecule is CC1(C)C(=O)Nc2ccccc2N1C(=O)CSC/C=C/c1ccccc1. The largest absolute Gasteiger partial charge is 0.322 e. The molecule has 0 unspecified atom stereocenters. The predicted molar refractivity (Wildman–Crippen MR) is 109 cm³/mol. The summed E-state index contributed by atoms with van der Waals surface area (Å²) >= 11 is 1.54. The van der Waals surface area contributed by atoms with Gasteiger partial charge in [-0.2, -0.15) is 0 Å². The molecule has 0 spiro atoms. The summed E-state index contributed by atoms with van der Waals surface area (Å²) in [6, 6.07) is 17.5. The highest BCUT2D eigenvalue weighted by atomic mass is 32.2. The fraction of sp³-hybridized carbons (Fsp3) is 0.238. The van der Waals surface area contributed by atoms with Gasteiger partial charge in [-0.1, -0.05) is 54.6 Å². The molecule has 0 aliphatic carbocycles. The van der Waals surface area contributed by atoms with Crippen molar-refractivity contribution in [3.8, 4) is 0 Å². The average Bonchev–Trinajstić information content (AvgIpc) is 2.63. The topological polar surface area (TPSA) is 49.4 Å². The third kappa shape index (κ3) is 3.83. The number of benzene rings is 2. The minimum Gasteiger partial charge on any atom is -0.322 e. The lowest BCUT2D eigenvalue weighted by atomic mass is 9.96. The maximum atomic E-state index is 12.9. The first-order valence-corrected chi connectivity index (χ1v) is 9.68. The Labute approximate surface area is 158 Å². The first-order valence-electron chi connectivity index (χ1n) is 8.53. The monoisotopic (exact) mass is 366 g/mol. The van der Waals surface area contributed by atoms with Gasteiger partial charge in [-0.25, -0.2) is 0 Å². The van der Waals surface area contributed by atoms with E-state index in [9.17, 15) is 9.59 Å². The van der Waals surface area contributed by atoms with E-state index in [4.69, 9.17) is 0 Å². The van der Waals surface area contributed by atoms with Crippen LogP contribution in [-0.4, -0.2) is 28.9 Å². The number of carbonyl (C=O) groups excluding carboxylic acids is 2. The van der Waals surface area contributed by atoms with Crippen LogP contribution in [0.4, 0.5) is 11.4 Å². The molecule has 0 bridgehead atoms. The summed E-state index contributed by atoms with van der Waals surface area (Å²) in [5.74, 6) is 0.835. The molecule has 1 aliphatic rings. The second-order valence-corrected chi connectivity index (χ2v) is 7.62. The van der Waals surface area contributed by atoms with Crippen LogP contribution in [0.5, 0.6) is 0 Å². The normalized spacial score (nSPS) is 15.6. The molecule has 2 aromatic carbocycles. The molecular formula is C21H22N2O2S. The van der Waals surface area contributed by atoms with Crippen LogP contribution in [-0.2, 0) is 9.59 Å². The number of thioether (sulfide) groups is 1. The smallest absolute Gasteiger partial charge is 0.250 e. The van der Waals surface area contributed by atoms with Crippen LogP contribution in [0.2, 0.25) is 0 Å². The van der Waals surface area contributed by atoms with Gasteiger partial charge in [-0.15, -0.1) is 11.8 Å². The van der Waals surface area contributed by atoms with Crippen molar-refractivity contribution in [2.75, 3.05) is 21.7 Å². The Morgan fingerprint density at radius 3 is 2.58 bits per heavy atom. The number of nitrogens with one attached hydrogen (secondary N) is 1. The van der Waals surface area contributed by atoms with E-state index in [2.05, 4.69) is 11.4 Å². The Hall–Kier alpha value is -2.53. The number of amides is 2. The van der Waals surface area contributed by atoms with Crippen molar-refractivity contribution in [3.05, 3.63) is 66.2 Å². The molecule has 0 saturated heterocycles. The van der Waals surface area contributed by atoms with Crippen molar-refractivity contribution in [1.82, 2.24) is 0 Å². The molecule has 4 nitrogen and oxygen atoms in total. The van der Waals surface area contributed by atoms with Gasteiger partial charge in [0.05, 0.1) is 17.1 Å². The van der Waals surface area contributed by atoms with Crippen molar-refractivity contribution in [1.29, 1.82) is 0 Å². The molecule has 1 aliphatic heterocycles. The highest BCUT2D eigenvalue weighted by molar-refractivity contribution is 8.00. The highest BCUT2D eigenvalue weighted by Crippen LogP contribution is 2.36. The van der Waals surface area contributed by atoms with Gasteiger partial charge in [-0.05, 0) is 31.5 Å². The van der Waals surface area contributed by atoms with E-state index in [1.165, 1.54) is 0 Å². The second-order valence-electron chi connectivity index (χ2n) is 6.59. The Balaban J connectivity index is 1.65. The second kappa shape index (κ2) is 7.79. The number of fused-ring (bicyclic) bond motifs is 1. The quantitative estimate of drug-likeness (QED) is 0.807. The minimum atomic E-state index is -0.911. The minimum absolute atomic E-state index is 0.0598. The molecule has 0 atom stereocenters. The summed E-state index contributed by atoms with van der Waals surface area (Å²) in [4.78, 5) is 26.9. The Morgan fingerprint density at radius 1 is 1.12 bits per heavy atom. The first-order chi connectivity index (χ1) is 12.5. The molecule has 2 aromatic rings. The maximum Gasteiger partial charge on any atom is 0.250 e. The molecule has 2 amide bonds. The average molecular weight is 366 g/mol. The molecule has 5 heteroatoms. The Bertz CT molecular complexity index is 831. The molecule has 0 aromatic heterocycles. The summed E-state index contributed by atoms with van der Waals surface area (Å²) in [6.45, 7) is 3.55. The van der Waals surface area contributed by atoms with Crippen molar-refractivity contribution < 1.29 is 9.59 Å². The van der Waals surface area contributed by atoms with Gasteiger partial charge in [0.2, 0.25) is 11.8 Å². The van der Waals surface area contributed by atoms with Crippen molar-refractivity contribution in [3.63, 3.8) is 0 Å². The fourth-order valence-corrected chi connectivity index (χ4v) is 3.58. The highest BCUT2D eigenvalue weighted by Gasteiger charge is 2.43. The van der Waals surface area contributed by atoms with E-state index in [1.54, 1.807) is 30.5 Å². The number of para-hydroxylation sites is 2. The van der Waals surface area contributed by atoms with E-state index in [0.29, 0.717) is 11.4 Å². The summed E-state index contributed by atoms with van der Waals surface area (Å²) in [5, 5.41) is 2.88. The number of anilines is 2. The van der Waals surface area contributed by atoms with Crippen LogP contribution >= 0.6 is 11.8 Å². The van der Waals surface area contributed by atoms with Gasteiger partial charge >= 0.3 is 0 Å². The first kappa shape index (κ1) is 18.3. The predicted octanol–water partition coefficient (Wildman–Crippen LogP) is 4.20. The maximum absolute atomic E-state index is 12.9. The molecule has 3 rings (SSSR count). The Morgan fingerprint density at radius 2 is 1.81 bits per heavy atom. The number of nitrogens with zero attached hydrogens (tertiary/aromatic N) is 1. The van der Waals surface area contributed by atoms with Gasteiger partial charge in [-0.3, -0.25) is 14.5 Å². The zero-order valence-electron chi connectivity index (χ0n) is 14.9. The van der Waals surface area contributed by atoms with Crippen LogP contribution in [0.1, 0.15) is 19.4 Å². The molecule has 0 fully saturated rings. The van der Waals surface area contributed by atoms with Gasteiger partial charge < -0.3 is 5.32 Å². The van der Waals surface area contributed by atoms with E-state index in [-0.39, 0.29) is 11.8 Å². The zero-order valence-corrected chi connectivity index (χ0v) is 15.8. The lowest BCUT2D eigenvalue weighted by Crippen LogP contribution is -2.59. The van der Waals surface area contributed by atoms with E-state index >= 15 is 0 Å². The van der Waals surface area contributed by atoms with E-state index in [0.717, 1.165) is 17.0 Å². The van der Waals surface area contributed by atoms with Crippen molar-refractivity contribution in [2.24, 2.45) is 0 Å². The van der Waals surface area contributed by atoms with Crippen molar-refractivity contribution in [2.45, 2.75) is 19.4 Å². The van der Waals surface area contributed by atoms with Gasteiger partial charge in [0.1, 0.15) is 5.54 Å². The van der Waals surface area contributed by atoms with E-state index in [1.807, 2.05) is 60.7 Å². The number of hydrogen-bond acceptors (Lipinski definition) is 3. The molecule has 0 radical (unpaired) electrons. The summed E-state index contributed by atoms with van der Waals surface area (Å²) in [5.41, 5.74) is 1.66.